The maximum absolute atomic E-state index is 12.8. The second-order valence-corrected chi connectivity index (χ2v) is 4.83. The molecule has 4 nitrogen and oxygen atoms in total. The van der Waals surface area contributed by atoms with E-state index >= 15 is 0 Å². The lowest BCUT2D eigenvalue weighted by Crippen LogP contribution is -2.22. The molecule has 0 aliphatic carbocycles. The molecule has 0 unspecified atom stereocenters. The van der Waals surface area contributed by atoms with Crippen molar-refractivity contribution in [3.63, 3.8) is 0 Å². The van der Waals surface area contributed by atoms with Crippen LogP contribution >= 0.6 is 11.6 Å². The zero-order chi connectivity index (χ0) is 17.0. The van der Waals surface area contributed by atoms with Crippen LogP contribution in [-0.2, 0) is 6.18 Å². The number of para-hydroxylation sites is 1. The summed E-state index contributed by atoms with van der Waals surface area (Å²) >= 11 is 5.70. The molecule has 0 atom stereocenters. The molecule has 2 aromatic rings. The summed E-state index contributed by atoms with van der Waals surface area (Å²) in [5.74, 6) is -1.27. The first kappa shape index (κ1) is 16.8. The van der Waals surface area contributed by atoms with Crippen LogP contribution in [0, 0.1) is 0 Å². The van der Waals surface area contributed by atoms with Crippen LogP contribution in [0.1, 0.15) is 21.5 Å². The lowest BCUT2D eigenvalue weighted by atomic mass is 10.1. The molecule has 0 aliphatic rings. The van der Waals surface area contributed by atoms with Crippen molar-refractivity contribution in [2.75, 3.05) is 0 Å². The molecule has 0 heterocycles. The summed E-state index contributed by atoms with van der Waals surface area (Å²) in [6.45, 7) is 0. The monoisotopic (exact) mass is 342 g/mol. The van der Waals surface area contributed by atoms with Crippen molar-refractivity contribution in [2.24, 2.45) is 5.10 Å². The molecular formula is C15H10ClF3N2O2. The van der Waals surface area contributed by atoms with Crippen LogP contribution in [0.3, 0.4) is 0 Å². The number of amides is 1. The summed E-state index contributed by atoms with van der Waals surface area (Å²) in [6.07, 6.45) is -3.57. The van der Waals surface area contributed by atoms with Gasteiger partial charge in [-0.3, -0.25) is 4.79 Å². The lowest BCUT2D eigenvalue weighted by Gasteiger charge is -2.11. The van der Waals surface area contributed by atoms with E-state index in [9.17, 15) is 23.1 Å². The first-order valence-electron chi connectivity index (χ1n) is 6.28. The highest BCUT2D eigenvalue weighted by atomic mass is 35.5. The first-order valence-corrected chi connectivity index (χ1v) is 6.65. The molecule has 8 heteroatoms. The fraction of sp³-hybridized carbons (Fsp3) is 0.0667. The van der Waals surface area contributed by atoms with E-state index in [1.54, 1.807) is 6.07 Å². The molecule has 0 saturated heterocycles. The zero-order valence-electron chi connectivity index (χ0n) is 11.4. The second-order valence-electron chi connectivity index (χ2n) is 4.42. The molecule has 1 amide bonds. The number of carbonyl (C=O) groups excluding carboxylic acids is 1. The minimum Gasteiger partial charge on any atom is -0.506 e. The predicted molar refractivity (Wildman–Crippen MR) is 79.6 cm³/mol. The van der Waals surface area contributed by atoms with E-state index in [1.165, 1.54) is 24.3 Å². The van der Waals surface area contributed by atoms with Gasteiger partial charge in [0.2, 0.25) is 0 Å². The number of benzene rings is 2. The highest BCUT2D eigenvalue weighted by molar-refractivity contribution is 6.32. The van der Waals surface area contributed by atoms with Crippen LogP contribution in [0.25, 0.3) is 0 Å². The minimum atomic E-state index is -4.65. The van der Waals surface area contributed by atoms with Crippen molar-refractivity contribution < 1.29 is 23.1 Å². The van der Waals surface area contributed by atoms with Gasteiger partial charge in [0.15, 0.2) is 0 Å². The molecule has 2 N–H and O–H groups in total. The van der Waals surface area contributed by atoms with Gasteiger partial charge >= 0.3 is 6.18 Å². The number of nitrogens with zero attached hydrogens (tertiary/aromatic N) is 1. The van der Waals surface area contributed by atoms with E-state index in [0.29, 0.717) is 0 Å². The average Bonchev–Trinajstić information content (AvgIpc) is 2.50. The van der Waals surface area contributed by atoms with E-state index in [2.05, 4.69) is 5.10 Å². The van der Waals surface area contributed by atoms with Gasteiger partial charge in [0.25, 0.3) is 5.91 Å². The largest absolute Gasteiger partial charge is 0.506 e. The van der Waals surface area contributed by atoms with Crippen molar-refractivity contribution in [3.8, 4) is 5.75 Å². The third-order valence-corrected chi connectivity index (χ3v) is 3.17. The van der Waals surface area contributed by atoms with Crippen LogP contribution < -0.4 is 5.43 Å². The van der Waals surface area contributed by atoms with E-state index in [-0.39, 0.29) is 16.3 Å². The van der Waals surface area contributed by atoms with E-state index in [0.717, 1.165) is 18.3 Å². The lowest BCUT2D eigenvalue weighted by molar-refractivity contribution is -0.137. The number of nitrogens with one attached hydrogen (secondary N) is 1. The summed E-state index contributed by atoms with van der Waals surface area (Å²) in [5, 5.41) is 13.3. The number of phenolic OH excluding ortho intramolecular Hbond substituents is 1. The number of hydrogen-bond acceptors (Lipinski definition) is 3. The standard InChI is InChI=1S/C15H10ClF3N2O2/c16-12-7-3-4-9(13(12)22)8-20-21-14(23)10-5-1-2-6-11(10)15(17,18)19/h1-8,22H,(H,21,23). The van der Waals surface area contributed by atoms with Gasteiger partial charge in [-0.25, -0.2) is 5.43 Å². The summed E-state index contributed by atoms with van der Waals surface area (Å²) in [5.41, 5.74) is 0.587. The summed E-state index contributed by atoms with van der Waals surface area (Å²) < 4.78 is 38.5. The normalized spacial score (nSPS) is 11.7. The first-order chi connectivity index (χ1) is 10.8. The molecule has 0 bridgehead atoms. The van der Waals surface area contributed by atoms with E-state index in [4.69, 9.17) is 11.6 Å². The Hall–Kier alpha value is -2.54. The quantitative estimate of drug-likeness (QED) is 0.658. The Morgan fingerprint density at radius 1 is 1.17 bits per heavy atom. The van der Waals surface area contributed by atoms with Crippen LogP contribution in [0.4, 0.5) is 13.2 Å². The molecule has 120 valence electrons. The molecule has 0 aromatic heterocycles. The minimum absolute atomic E-state index is 0.0858. The van der Waals surface area contributed by atoms with Crippen molar-refractivity contribution in [2.45, 2.75) is 6.18 Å². The Bertz CT molecular complexity index is 761. The Balaban J connectivity index is 2.18. The summed E-state index contributed by atoms with van der Waals surface area (Å²) in [6, 6.07) is 8.83. The van der Waals surface area contributed by atoms with Gasteiger partial charge in [-0.15, -0.1) is 0 Å². The van der Waals surface area contributed by atoms with Crippen molar-refractivity contribution in [3.05, 3.63) is 64.2 Å². The van der Waals surface area contributed by atoms with Crippen LogP contribution in [-0.4, -0.2) is 17.2 Å². The van der Waals surface area contributed by atoms with Crippen molar-refractivity contribution >= 4 is 23.7 Å². The topological polar surface area (TPSA) is 61.7 Å². The number of hydrogen-bond donors (Lipinski definition) is 2. The number of carbonyl (C=O) groups is 1. The molecule has 2 rings (SSSR count). The Kier molecular flexibility index (Phi) is 4.90. The van der Waals surface area contributed by atoms with Gasteiger partial charge in [0.1, 0.15) is 5.75 Å². The number of phenols is 1. The van der Waals surface area contributed by atoms with Crippen molar-refractivity contribution in [1.29, 1.82) is 0 Å². The van der Waals surface area contributed by atoms with E-state index < -0.39 is 23.2 Å². The molecule has 2 aromatic carbocycles. The number of alkyl halides is 3. The number of rotatable bonds is 3. The summed E-state index contributed by atoms with van der Waals surface area (Å²) in [7, 11) is 0. The van der Waals surface area contributed by atoms with Crippen LogP contribution in [0.5, 0.6) is 5.75 Å². The van der Waals surface area contributed by atoms with Gasteiger partial charge in [0, 0.05) is 5.56 Å². The Morgan fingerprint density at radius 3 is 2.57 bits per heavy atom. The van der Waals surface area contributed by atoms with Gasteiger partial charge < -0.3 is 5.11 Å². The fourth-order valence-corrected chi connectivity index (χ4v) is 1.97. The average molecular weight is 343 g/mol. The fourth-order valence-electron chi connectivity index (χ4n) is 1.79. The third-order valence-electron chi connectivity index (χ3n) is 2.86. The third kappa shape index (κ3) is 4.01. The number of aromatic hydroxyl groups is 1. The van der Waals surface area contributed by atoms with Gasteiger partial charge in [-0.1, -0.05) is 29.8 Å². The number of halogens is 4. The number of hydrazone groups is 1. The van der Waals surface area contributed by atoms with Gasteiger partial charge in [-0.05, 0) is 24.3 Å². The van der Waals surface area contributed by atoms with E-state index in [1.807, 2.05) is 5.43 Å². The molecule has 0 aliphatic heterocycles. The molecule has 0 fully saturated rings. The highest BCUT2D eigenvalue weighted by Crippen LogP contribution is 2.31. The van der Waals surface area contributed by atoms with Crippen molar-refractivity contribution in [1.82, 2.24) is 5.43 Å². The molecule has 23 heavy (non-hydrogen) atoms. The predicted octanol–water partition coefficient (Wildman–Crippen LogP) is 3.83. The van der Waals surface area contributed by atoms with Crippen LogP contribution in [0.2, 0.25) is 5.02 Å². The highest BCUT2D eigenvalue weighted by Gasteiger charge is 2.34. The maximum atomic E-state index is 12.8. The smallest absolute Gasteiger partial charge is 0.417 e. The van der Waals surface area contributed by atoms with Gasteiger partial charge in [-0.2, -0.15) is 18.3 Å². The van der Waals surface area contributed by atoms with Crippen LogP contribution in [0.15, 0.2) is 47.6 Å². The summed E-state index contributed by atoms with van der Waals surface area (Å²) in [4.78, 5) is 11.8. The molecule has 0 spiro atoms. The Labute approximate surface area is 134 Å². The molecule has 0 saturated carbocycles. The zero-order valence-corrected chi connectivity index (χ0v) is 12.2. The maximum Gasteiger partial charge on any atom is 0.417 e. The molecular weight excluding hydrogens is 333 g/mol. The Morgan fingerprint density at radius 2 is 1.87 bits per heavy atom. The SMILES string of the molecule is O=C(NN=Cc1cccc(Cl)c1O)c1ccccc1C(F)(F)F. The molecule has 0 radical (unpaired) electrons. The van der Waals surface area contributed by atoms with Gasteiger partial charge in [0.05, 0.1) is 22.4 Å². The second kappa shape index (κ2) is 6.70.